The molecule has 0 radical (unpaired) electrons. The van der Waals surface area contributed by atoms with E-state index in [0.29, 0.717) is 30.8 Å². The molecular weight excluding hydrogens is 340 g/mol. The molecule has 0 amide bonds. The third-order valence-corrected chi connectivity index (χ3v) is 4.14. The van der Waals surface area contributed by atoms with Crippen molar-refractivity contribution in [2.24, 2.45) is 0 Å². The van der Waals surface area contributed by atoms with Crippen molar-refractivity contribution in [1.82, 2.24) is 19.1 Å². The molecule has 0 aliphatic heterocycles. The fourth-order valence-corrected chi connectivity index (χ4v) is 2.72. The topological polar surface area (TPSA) is 106 Å². The first-order chi connectivity index (χ1) is 12.3. The molecule has 0 aliphatic carbocycles. The summed E-state index contributed by atoms with van der Waals surface area (Å²) in [6, 6.07) is 1.65. The zero-order chi connectivity index (χ0) is 19.4. The number of carboxylic acid groups (broad SMARTS) is 1. The van der Waals surface area contributed by atoms with Crippen LogP contribution in [0.5, 0.6) is 0 Å². The molecule has 1 N–H and O–H groups in total. The van der Waals surface area contributed by atoms with Crippen molar-refractivity contribution in [3.63, 3.8) is 0 Å². The Kier molecular flexibility index (Phi) is 6.27. The number of carbonyl (C=O) groups is 2. The van der Waals surface area contributed by atoms with Gasteiger partial charge in [0.05, 0.1) is 23.6 Å². The molecule has 0 saturated heterocycles. The van der Waals surface area contributed by atoms with Crippen LogP contribution in [0.4, 0.5) is 0 Å². The molecule has 2 aromatic rings. The normalized spacial score (nSPS) is 11.6. The van der Waals surface area contributed by atoms with E-state index >= 15 is 0 Å². The monoisotopic (exact) mass is 364 g/mol. The maximum atomic E-state index is 12.9. The summed E-state index contributed by atoms with van der Waals surface area (Å²) in [5, 5.41) is 13.6. The Hall–Kier alpha value is -2.52. The molecule has 2 aromatic heterocycles. The number of carbonyl (C=O) groups excluding carboxylic acids is 1. The lowest BCUT2D eigenvalue weighted by molar-refractivity contribution is -0.137. The molecule has 2 heterocycles. The summed E-state index contributed by atoms with van der Waals surface area (Å²) in [5.41, 5.74) is 0.810. The minimum absolute atomic E-state index is 0.0556. The van der Waals surface area contributed by atoms with Crippen LogP contribution < -0.4 is 5.56 Å². The number of hydrogen-bond acceptors (Lipinski definition) is 6. The van der Waals surface area contributed by atoms with Crippen molar-refractivity contribution in [1.29, 1.82) is 0 Å². The Morgan fingerprint density at radius 3 is 2.69 bits per heavy atom. The lowest BCUT2D eigenvalue weighted by Crippen LogP contribution is -2.33. The second kappa shape index (κ2) is 8.24. The Morgan fingerprint density at radius 1 is 1.46 bits per heavy atom. The van der Waals surface area contributed by atoms with Gasteiger partial charge in [-0.25, -0.2) is 0 Å². The summed E-state index contributed by atoms with van der Waals surface area (Å²) in [5.74, 6) is -1.05. The number of methoxy groups -OCH3 is 1. The minimum atomic E-state index is -1.11. The van der Waals surface area contributed by atoms with Crippen molar-refractivity contribution in [3.8, 4) is 0 Å². The van der Waals surface area contributed by atoms with Crippen LogP contribution in [-0.4, -0.2) is 63.8 Å². The third kappa shape index (κ3) is 4.00. The number of aromatic nitrogens is 3. The van der Waals surface area contributed by atoms with E-state index in [1.807, 2.05) is 18.7 Å². The Morgan fingerprint density at radius 2 is 2.15 bits per heavy atom. The van der Waals surface area contributed by atoms with Gasteiger partial charge in [0.25, 0.3) is 5.56 Å². The molecule has 0 fully saturated rings. The van der Waals surface area contributed by atoms with Gasteiger partial charge in [0.1, 0.15) is 12.2 Å². The zero-order valence-electron chi connectivity index (χ0n) is 15.4. The van der Waals surface area contributed by atoms with E-state index in [-0.39, 0.29) is 23.7 Å². The molecular formula is C17H24N4O5. The first-order valence-electron chi connectivity index (χ1n) is 8.29. The largest absolute Gasteiger partial charge is 0.480 e. The number of aldehydes is 1. The van der Waals surface area contributed by atoms with Crippen LogP contribution in [0.25, 0.3) is 5.65 Å². The summed E-state index contributed by atoms with van der Waals surface area (Å²) >= 11 is 0. The van der Waals surface area contributed by atoms with Gasteiger partial charge in [-0.3, -0.25) is 19.3 Å². The van der Waals surface area contributed by atoms with Gasteiger partial charge in [0, 0.05) is 26.3 Å². The molecule has 142 valence electrons. The number of ether oxygens (including phenoxy) is 1. The smallest absolute Gasteiger partial charge is 0.323 e. The lowest BCUT2D eigenvalue weighted by Gasteiger charge is -2.19. The van der Waals surface area contributed by atoms with Crippen LogP contribution in [-0.2, 0) is 22.6 Å². The van der Waals surface area contributed by atoms with Crippen molar-refractivity contribution in [2.45, 2.75) is 32.9 Å². The number of likely N-dealkylation sites (N-methyl/N-ethyl adjacent to an activating group) is 1. The van der Waals surface area contributed by atoms with Crippen molar-refractivity contribution < 1.29 is 19.4 Å². The summed E-state index contributed by atoms with van der Waals surface area (Å²) in [7, 11) is 3.37. The van der Waals surface area contributed by atoms with Gasteiger partial charge >= 0.3 is 5.97 Å². The van der Waals surface area contributed by atoms with Crippen molar-refractivity contribution in [3.05, 3.63) is 33.4 Å². The molecule has 0 unspecified atom stereocenters. The van der Waals surface area contributed by atoms with Gasteiger partial charge in [-0.1, -0.05) is 13.8 Å². The standard InChI is InChI=1S/C17H24N4O5/c1-11(2)13-7-15-20(9-16(23)24)14(10-22)12(17(25)21(15)18-13)8-19(3)5-6-26-4/h7,10-11H,5-6,8-9H2,1-4H3,(H,23,24). The van der Waals surface area contributed by atoms with Gasteiger partial charge < -0.3 is 14.4 Å². The van der Waals surface area contributed by atoms with Crippen molar-refractivity contribution in [2.75, 3.05) is 27.3 Å². The summed E-state index contributed by atoms with van der Waals surface area (Å²) in [4.78, 5) is 37.8. The Bertz CT molecular complexity index is 868. The van der Waals surface area contributed by atoms with Gasteiger partial charge in [-0.2, -0.15) is 9.61 Å². The highest BCUT2D eigenvalue weighted by Crippen LogP contribution is 2.17. The predicted octanol–water partition coefficient (Wildman–Crippen LogP) is 0.595. The van der Waals surface area contributed by atoms with E-state index in [0.717, 1.165) is 0 Å². The van der Waals surface area contributed by atoms with Crippen LogP contribution in [0.3, 0.4) is 0 Å². The minimum Gasteiger partial charge on any atom is -0.480 e. The summed E-state index contributed by atoms with van der Waals surface area (Å²) in [6.07, 6.45) is 0.534. The Labute approximate surface area is 150 Å². The summed E-state index contributed by atoms with van der Waals surface area (Å²) < 4.78 is 7.54. The van der Waals surface area contributed by atoms with E-state index in [1.54, 1.807) is 20.2 Å². The number of nitrogens with zero attached hydrogens (tertiary/aromatic N) is 4. The molecule has 0 bridgehead atoms. The van der Waals surface area contributed by atoms with Crippen LogP contribution in [0.2, 0.25) is 0 Å². The SMILES string of the molecule is COCCN(C)Cc1c(C=O)n(CC(=O)O)c2cc(C(C)C)nn2c1=O. The van der Waals surface area contributed by atoms with Gasteiger partial charge in [-0.15, -0.1) is 0 Å². The van der Waals surface area contributed by atoms with Crippen LogP contribution >= 0.6 is 0 Å². The molecule has 0 spiro atoms. The highest BCUT2D eigenvalue weighted by molar-refractivity contribution is 5.78. The van der Waals surface area contributed by atoms with Gasteiger partial charge in [0.2, 0.25) is 0 Å². The number of hydrogen-bond donors (Lipinski definition) is 1. The first kappa shape index (κ1) is 19.8. The van der Waals surface area contributed by atoms with E-state index in [9.17, 15) is 19.5 Å². The number of rotatable bonds is 9. The first-order valence-corrected chi connectivity index (χ1v) is 8.29. The van der Waals surface area contributed by atoms with Crippen LogP contribution in [0.1, 0.15) is 41.5 Å². The zero-order valence-corrected chi connectivity index (χ0v) is 15.4. The summed E-state index contributed by atoms with van der Waals surface area (Å²) in [6.45, 7) is 4.62. The number of aliphatic carboxylic acids is 1. The quantitative estimate of drug-likeness (QED) is 0.649. The average Bonchev–Trinajstić information content (AvgIpc) is 3.03. The molecule has 0 atom stereocenters. The molecule has 0 saturated carbocycles. The number of carboxylic acids is 1. The van der Waals surface area contributed by atoms with Gasteiger partial charge in [-0.05, 0) is 13.0 Å². The molecule has 9 nitrogen and oxygen atoms in total. The second-order valence-corrected chi connectivity index (χ2v) is 6.49. The predicted molar refractivity (Wildman–Crippen MR) is 94.8 cm³/mol. The van der Waals surface area contributed by atoms with Gasteiger partial charge in [0.15, 0.2) is 6.29 Å². The van der Waals surface area contributed by atoms with Crippen molar-refractivity contribution >= 4 is 17.9 Å². The molecule has 0 aliphatic rings. The van der Waals surface area contributed by atoms with Crippen LogP contribution in [0.15, 0.2) is 10.9 Å². The number of fused-ring (bicyclic) bond motifs is 1. The molecule has 26 heavy (non-hydrogen) atoms. The maximum absolute atomic E-state index is 12.9. The molecule has 9 heteroatoms. The van der Waals surface area contributed by atoms with E-state index in [1.165, 1.54) is 9.08 Å². The molecule has 0 aromatic carbocycles. The van der Waals surface area contributed by atoms with Crippen LogP contribution in [0, 0.1) is 0 Å². The van der Waals surface area contributed by atoms with E-state index < -0.39 is 18.1 Å². The lowest BCUT2D eigenvalue weighted by atomic mass is 10.1. The Balaban J connectivity index is 2.69. The highest BCUT2D eigenvalue weighted by Gasteiger charge is 2.21. The average molecular weight is 364 g/mol. The molecule has 2 rings (SSSR count). The fraction of sp³-hybridized carbons (Fsp3) is 0.529. The second-order valence-electron chi connectivity index (χ2n) is 6.49. The highest BCUT2D eigenvalue weighted by atomic mass is 16.5. The van der Waals surface area contributed by atoms with E-state index in [2.05, 4.69) is 5.10 Å². The van der Waals surface area contributed by atoms with E-state index in [4.69, 9.17) is 4.74 Å². The maximum Gasteiger partial charge on any atom is 0.323 e. The fourth-order valence-electron chi connectivity index (χ4n) is 2.72. The third-order valence-electron chi connectivity index (χ3n) is 4.14.